The summed E-state index contributed by atoms with van der Waals surface area (Å²) in [6, 6.07) is 4.72. The summed E-state index contributed by atoms with van der Waals surface area (Å²) in [6.45, 7) is 2.28. The predicted octanol–water partition coefficient (Wildman–Crippen LogP) is 0.802. The number of H-pyrrole nitrogens is 1. The first kappa shape index (κ1) is 14.0. The van der Waals surface area contributed by atoms with Crippen LogP contribution < -0.4 is 11.2 Å². The van der Waals surface area contributed by atoms with E-state index in [1.54, 1.807) is 26.2 Å². The van der Waals surface area contributed by atoms with Gasteiger partial charge in [0.05, 0.1) is 10.9 Å². The summed E-state index contributed by atoms with van der Waals surface area (Å²) in [4.78, 5) is 40.0. The van der Waals surface area contributed by atoms with Crippen molar-refractivity contribution in [3.8, 4) is 0 Å². The normalized spacial score (nSPS) is 10.8. The zero-order valence-corrected chi connectivity index (χ0v) is 11.8. The van der Waals surface area contributed by atoms with Gasteiger partial charge in [0, 0.05) is 26.2 Å². The average Bonchev–Trinajstić information content (AvgIpc) is 2.41. The van der Waals surface area contributed by atoms with Crippen LogP contribution in [0.25, 0.3) is 10.9 Å². The van der Waals surface area contributed by atoms with Crippen LogP contribution >= 0.6 is 0 Å². The Morgan fingerprint density at radius 1 is 1.30 bits per heavy atom. The minimum Gasteiger partial charge on any atom is -0.345 e. The Morgan fingerprint density at radius 3 is 2.60 bits per heavy atom. The summed E-state index contributed by atoms with van der Waals surface area (Å²) in [5, 5.41) is 0.411. The topological polar surface area (TPSA) is 75.2 Å². The molecule has 20 heavy (non-hydrogen) atoms. The fourth-order valence-corrected chi connectivity index (χ4v) is 2.07. The third kappa shape index (κ3) is 2.36. The number of hydrogen-bond acceptors (Lipinski definition) is 3. The van der Waals surface area contributed by atoms with Crippen molar-refractivity contribution in [2.75, 3.05) is 14.1 Å². The van der Waals surface area contributed by atoms with Crippen LogP contribution in [-0.2, 0) is 6.54 Å². The van der Waals surface area contributed by atoms with Crippen molar-refractivity contribution in [1.82, 2.24) is 14.5 Å². The first-order valence-corrected chi connectivity index (χ1v) is 6.44. The highest BCUT2D eigenvalue weighted by Gasteiger charge is 2.12. The zero-order valence-electron chi connectivity index (χ0n) is 11.8. The van der Waals surface area contributed by atoms with Gasteiger partial charge in [-0.05, 0) is 24.6 Å². The number of amides is 1. The Balaban J connectivity index is 2.67. The van der Waals surface area contributed by atoms with Crippen LogP contribution in [0.5, 0.6) is 0 Å². The Hall–Kier alpha value is -2.37. The molecule has 0 aliphatic rings. The third-order valence-corrected chi connectivity index (χ3v) is 3.08. The van der Waals surface area contributed by atoms with E-state index in [4.69, 9.17) is 0 Å². The molecule has 0 aliphatic heterocycles. The van der Waals surface area contributed by atoms with E-state index in [0.717, 1.165) is 0 Å². The molecule has 0 bridgehead atoms. The Morgan fingerprint density at radius 2 is 2.00 bits per heavy atom. The molecule has 1 aromatic heterocycles. The van der Waals surface area contributed by atoms with Crippen LogP contribution in [-0.4, -0.2) is 34.5 Å². The van der Waals surface area contributed by atoms with Crippen LogP contribution in [0.15, 0.2) is 27.8 Å². The van der Waals surface area contributed by atoms with Crippen LogP contribution in [0.3, 0.4) is 0 Å². The van der Waals surface area contributed by atoms with Gasteiger partial charge in [0.15, 0.2) is 0 Å². The van der Waals surface area contributed by atoms with Crippen LogP contribution in [0.1, 0.15) is 23.7 Å². The highest BCUT2D eigenvalue weighted by atomic mass is 16.2. The maximum Gasteiger partial charge on any atom is 0.328 e. The number of aromatic nitrogens is 2. The number of benzene rings is 1. The standard InChI is InChI=1S/C14H17N3O3/c1-4-7-17-13(19)10-6-5-9(12(18)16(2)3)8-11(10)15-14(17)20/h5-6,8H,4,7H2,1-3H3,(H,15,20). The molecule has 0 saturated carbocycles. The molecule has 106 valence electrons. The van der Waals surface area contributed by atoms with E-state index in [9.17, 15) is 14.4 Å². The Bertz CT molecular complexity index is 771. The van der Waals surface area contributed by atoms with Gasteiger partial charge in [-0.1, -0.05) is 6.92 Å². The summed E-state index contributed by atoms with van der Waals surface area (Å²) in [6.07, 6.45) is 0.700. The van der Waals surface area contributed by atoms with Gasteiger partial charge in [0.25, 0.3) is 11.5 Å². The number of carbonyl (C=O) groups is 1. The number of rotatable bonds is 3. The van der Waals surface area contributed by atoms with Crippen LogP contribution in [0, 0.1) is 0 Å². The van der Waals surface area contributed by atoms with E-state index in [1.807, 2.05) is 6.92 Å². The van der Waals surface area contributed by atoms with Gasteiger partial charge in [0.2, 0.25) is 0 Å². The fourth-order valence-electron chi connectivity index (χ4n) is 2.07. The summed E-state index contributed by atoms with van der Waals surface area (Å²) in [5.74, 6) is -0.175. The van der Waals surface area contributed by atoms with Crippen molar-refractivity contribution < 1.29 is 4.79 Å². The van der Waals surface area contributed by atoms with Gasteiger partial charge in [-0.25, -0.2) is 4.79 Å². The molecule has 0 atom stereocenters. The van der Waals surface area contributed by atoms with E-state index in [0.29, 0.717) is 29.4 Å². The zero-order chi connectivity index (χ0) is 14.9. The monoisotopic (exact) mass is 275 g/mol. The molecule has 2 rings (SSSR count). The van der Waals surface area contributed by atoms with Crippen molar-refractivity contribution in [1.29, 1.82) is 0 Å². The highest BCUT2D eigenvalue weighted by Crippen LogP contribution is 2.10. The Labute approximate surface area is 115 Å². The quantitative estimate of drug-likeness (QED) is 0.900. The summed E-state index contributed by atoms with van der Waals surface area (Å²) in [5.41, 5.74) is 0.0547. The highest BCUT2D eigenvalue weighted by molar-refractivity contribution is 5.97. The summed E-state index contributed by atoms with van der Waals surface area (Å²) >= 11 is 0. The minimum absolute atomic E-state index is 0.175. The third-order valence-electron chi connectivity index (χ3n) is 3.08. The van der Waals surface area contributed by atoms with Crippen molar-refractivity contribution in [3.63, 3.8) is 0 Å². The molecule has 2 aromatic rings. The van der Waals surface area contributed by atoms with Gasteiger partial charge in [-0.2, -0.15) is 0 Å². The van der Waals surface area contributed by atoms with Crippen molar-refractivity contribution in [2.24, 2.45) is 0 Å². The maximum atomic E-state index is 12.2. The molecule has 0 aliphatic carbocycles. The van der Waals surface area contributed by atoms with E-state index < -0.39 is 5.69 Å². The number of nitrogens with one attached hydrogen (secondary N) is 1. The molecule has 0 spiro atoms. The molecule has 1 heterocycles. The molecule has 0 fully saturated rings. The lowest BCUT2D eigenvalue weighted by atomic mass is 10.1. The molecule has 1 aromatic carbocycles. The number of nitrogens with zero attached hydrogens (tertiary/aromatic N) is 2. The van der Waals surface area contributed by atoms with Gasteiger partial charge >= 0.3 is 5.69 Å². The van der Waals surface area contributed by atoms with E-state index in [2.05, 4.69) is 4.98 Å². The van der Waals surface area contributed by atoms with E-state index in [-0.39, 0.29) is 11.5 Å². The molecular formula is C14H17N3O3. The molecule has 6 heteroatoms. The molecule has 0 saturated heterocycles. The average molecular weight is 275 g/mol. The lowest BCUT2D eigenvalue weighted by Gasteiger charge is -2.11. The van der Waals surface area contributed by atoms with Crippen molar-refractivity contribution in [2.45, 2.75) is 19.9 Å². The maximum absolute atomic E-state index is 12.2. The van der Waals surface area contributed by atoms with Crippen LogP contribution in [0.4, 0.5) is 0 Å². The number of aromatic amines is 1. The lowest BCUT2D eigenvalue weighted by Crippen LogP contribution is -2.35. The van der Waals surface area contributed by atoms with Crippen molar-refractivity contribution in [3.05, 3.63) is 44.6 Å². The predicted molar refractivity (Wildman–Crippen MR) is 77.1 cm³/mol. The number of carbonyl (C=O) groups excluding carboxylic acids is 1. The lowest BCUT2D eigenvalue weighted by molar-refractivity contribution is 0.0827. The van der Waals surface area contributed by atoms with Crippen molar-refractivity contribution >= 4 is 16.8 Å². The Kier molecular flexibility index (Phi) is 3.74. The SMILES string of the molecule is CCCn1c(=O)[nH]c2cc(C(=O)N(C)C)ccc2c1=O. The number of hydrogen-bond donors (Lipinski definition) is 1. The fraction of sp³-hybridized carbons (Fsp3) is 0.357. The molecular weight excluding hydrogens is 258 g/mol. The number of fused-ring (bicyclic) bond motifs is 1. The molecule has 0 radical (unpaired) electrons. The van der Waals surface area contributed by atoms with Gasteiger partial charge < -0.3 is 9.88 Å². The van der Waals surface area contributed by atoms with Gasteiger partial charge in [0.1, 0.15) is 0 Å². The summed E-state index contributed by atoms with van der Waals surface area (Å²) < 4.78 is 1.18. The first-order valence-electron chi connectivity index (χ1n) is 6.44. The molecule has 1 N–H and O–H groups in total. The second-order valence-corrected chi connectivity index (χ2v) is 4.85. The summed E-state index contributed by atoms with van der Waals surface area (Å²) in [7, 11) is 3.29. The van der Waals surface area contributed by atoms with Gasteiger partial charge in [-0.3, -0.25) is 14.2 Å². The molecule has 1 amide bonds. The first-order chi connectivity index (χ1) is 9.45. The smallest absolute Gasteiger partial charge is 0.328 e. The van der Waals surface area contributed by atoms with E-state index in [1.165, 1.54) is 15.5 Å². The van der Waals surface area contributed by atoms with Crippen LogP contribution in [0.2, 0.25) is 0 Å². The largest absolute Gasteiger partial charge is 0.345 e. The van der Waals surface area contributed by atoms with E-state index >= 15 is 0 Å². The minimum atomic E-state index is -0.446. The molecule has 0 unspecified atom stereocenters. The second kappa shape index (κ2) is 5.32. The second-order valence-electron chi connectivity index (χ2n) is 4.85. The van der Waals surface area contributed by atoms with Gasteiger partial charge in [-0.15, -0.1) is 0 Å². The molecule has 6 nitrogen and oxygen atoms in total.